The summed E-state index contributed by atoms with van der Waals surface area (Å²) in [5.74, 6) is 0. The highest BCUT2D eigenvalue weighted by atomic mass is 16.3. The first-order chi connectivity index (χ1) is 10.2. The van der Waals surface area contributed by atoms with Crippen LogP contribution in [0.3, 0.4) is 0 Å². The van der Waals surface area contributed by atoms with Gasteiger partial charge in [0.2, 0.25) is 0 Å². The van der Waals surface area contributed by atoms with Gasteiger partial charge in [0.1, 0.15) is 0 Å². The van der Waals surface area contributed by atoms with Crippen LogP contribution >= 0.6 is 0 Å². The zero-order valence-corrected chi connectivity index (χ0v) is 11.6. The van der Waals surface area contributed by atoms with E-state index >= 15 is 0 Å². The van der Waals surface area contributed by atoms with Crippen LogP contribution in [-0.4, -0.2) is 33.3 Å². The molecule has 3 rings (SSSR count). The molecule has 1 aromatic carbocycles. The number of fused-ring (bicyclic) bond motifs is 1. The molecule has 110 valence electrons. The van der Waals surface area contributed by atoms with Crippen molar-refractivity contribution in [1.29, 1.82) is 0 Å². The number of hydrogen-bond acceptors (Lipinski definition) is 3. The van der Waals surface area contributed by atoms with E-state index in [2.05, 4.69) is 15.6 Å². The zero-order chi connectivity index (χ0) is 14.7. The molecule has 0 radical (unpaired) electrons. The van der Waals surface area contributed by atoms with Gasteiger partial charge in [0.05, 0.1) is 18.5 Å². The van der Waals surface area contributed by atoms with Crippen LogP contribution in [0, 0.1) is 0 Å². The van der Waals surface area contributed by atoms with E-state index in [0.717, 1.165) is 11.1 Å². The molecular weight excluding hydrogens is 268 g/mol. The van der Waals surface area contributed by atoms with Crippen LogP contribution in [0.25, 0.3) is 0 Å². The van der Waals surface area contributed by atoms with Crippen LogP contribution in [0.4, 0.5) is 4.79 Å². The van der Waals surface area contributed by atoms with E-state index in [1.165, 1.54) is 0 Å². The van der Waals surface area contributed by atoms with Crippen molar-refractivity contribution in [1.82, 2.24) is 20.2 Å². The largest absolute Gasteiger partial charge is 0.390 e. The van der Waals surface area contributed by atoms with Crippen LogP contribution < -0.4 is 10.6 Å². The summed E-state index contributed by atoms with van der Waals surface area (Å²) in [5, 5.41) is 15.7. The number of carbonyl (C=O) groups is 1. The molecule has 2 aromatic rings. The molecular formula is C15H18N4O2. The highest BCUT2D eigenvalue weighted by Gasteiger charge is 2.31. The highest BCUT2D eigenvalue weighted by molar-refractivity contribution is 5.74. The van der Waals surface area contributed by atoms with Gasteiger partial charge in [0.15, 0.2) is 0 Å². The smallest absolute Gasteiger partial charge is 0.315 e. The van der Waals surface area contributed by atoms with Crippen molar-refractivity contribution >= 4 is 6.03 Å². The third-order valence-corrected chi connectivity index (χ3v) is 3.71. The lowest BCUT2D eigenvalue weighted by Gasteiger charge is -2.18. The van der Waals surface area contributed by atoms with Gasteiger partial charge in [-0.25, -0.2) is 9.78 Å². The molecule has 0 fully saturated rings. The van der Waals surface area contributed by atoms with Crippen molar-refractivity contribution in [3.05, 3.63) is 54.1 Å². The monoisotopic (exact) mass is 286 g/mol. The molecule has 0 saturated heterocycles. The number of nitrogens with one attached hydrogen (secondary N) is 2. The molecule has 2 amide bonds. The van der Waals surface area contributed by atoms with Gasteiger partial charge < -0.3 is 20.3 Å². The Hall–Kier alpha value is -2.34. The Morgan fingerprint density at radius 1 is 1.43 bits per heavy atom. The van der Waals surface area contributed by atoms with Gasteiger partial charge in [-0.2, -0.15) is 0 Å². The maximum absolute atomic E-state index is 11.9. The molecule has 0 spiro atoms. The van der Waals surface area contributed by atoms with E-state index in [0.29, 0.717) is 19.5 Å². The third-order valence-electron chi connectivity index (χ3n) is 3.71. The minimum absolute atomic E-state index is 0.268. The average molecular weight is 286 g/mol. The first-order valence-electron chi connectivity index (χ1n) is 7.00. The number of nitrogens with zero attached hydrogens (tertiary/aromatic N) is 2. The molecule has 2 atom stereocenters. The maximum atomic E-state index is 11.9. The van der Waals surface area contributed by atoms with Crippen LogP contribution in [0.5, 0.6) is 0 Å². The van der Waals surface area contributed by atoms with Gasteiger partial charge in [-0.05, 0) is 11.1 Å². The Kier molecular flexibility index (Phi) is 3.87. The summed E-state index contributed by atoms with van der Waals surface area (Å²) >= 11 is 0. The molecule has 3 N–H and O–H groups in total. The van der Waals surface area contributed by atoms with Crippen molar-refractivity contribution in [2.24, 2.45) is 0 Å². The van der Waals surface area contributed by atoms with Gasteiger partial charge >= 0.3 is 6.03 Å². The molecule has 1 aliphatic rings. The molecule has 0 aliphatic heterocycles. The number of aromatic nitrogens is 2. The molecule has 0 saturated carbocycles. The van der Waals surface area contributed by atoms with Crippen LogP contribution in [0.15, 0.2) is 43.0 Å². The number of benzene rings is 1. The van der Waals surface area contributed by atoms with Crippen molar-refractivity contribution < 1.29 is 9.90 Å². The topological polar surface area (TPSA) is 79.2 Å². The Morgan fingerprint density at radius 2 is 2.29 bits per heavy atom. The molecule has 1 aromatic heterocycles. The number of imidazole rings is 1. The van der Waals surface area contributed by atoms with Gasteiger partial charge in [0, 0.05) is 31.9 Å². The number of hydrogen-bond donors (Lipinski definition) is 3. The first kappa shape index (κ1) is 13.6. The Bertz CT molecular complexity index is 612. The number of urea groups is 1. The second-order valence-electron chi connectivity index (χ2n) is 5.15. The highest BCUT2D eigenvalue weighted by Crippen LogP contribution is 2.30. The van der Waals surface area contributed by atoms with Crippen molar-refractivity contribution in [2.75, 3.05) is 6.54 Å². The molecule has 21 heavy (non-hydrogen) atoms. The summed E-state index contributed by atoms with van der Waals surface area (Å²) < 4.78 is 1.89. The average Bonchev–Trinajstić information content (AvgIpc) is 3.08. The maximum Gasteiger partial charge on any atom is 0.315 e. The van der Waals surface area contributed by atoms with Gasteiger partial charge in [-0.3, -0.25) is 0 Å². The van der Waals surface area contributed by atoms with E-state index in [-0.39, 0.29) is 12.1 Å². The van der Waals surface area contributed by atoms with Gasteiger partial charge in [-0.1, -0.05) is 24.3 Å². The predicted octanol–water partition coefficient (Wildman–Crippen LogP) is 0.841. The van der Waals surface area contributed by atoms with Crippen LogP contribution in [0.2, 0.25) is 0 Å². The Labute approximate surface area is 122 Å². The van der Waals surface area contributed by atoms with Crippen molar-refractivity contribution in [3.63, 3.8) is 0 Å². The number of amides is 2. The molecule has 1 heterocycles. The molecule has 1 aliphatic carbocycles. The molecule has 6 nitrogen and oxygen atoms in total. The zero-order valence-electron chi connectivity index (χ0n) is 11.6. The minimum Gasteiger partial charge on any atom is -0.390 e. The lowest BCUT2D eigenvalue weighted by atomic mass is 10.1. The van der Waals surface area contributed by atoms with E-state index in [4.69, 9.17) is 0 Å². The fourth-order valence-electron chi connectivity index (χ4n) is 2.66. The van der Waals surface area contributed by atoms with Crippen LogP contribution in [-0.2, 0) is 13.0 Å². The number of carbonyl (C=O) groups excluding carboxylic acids is 1. The number of rotatable bonds is 4. The summed E-state index contributed by atoms with van der Waals surface area (Å²) in [6.07, 6.45) is 5.26. The molecule has 2 unspecified atom stereocenters. The normalized spacial score (nSPS) is 20.0. The second kappa shape index (κ2) is 5.97. The van der Waals surface area contributed by atoms with E-state index < -0.39 is 6.10 Å². The van der Waals surface area contributed by atoms with Gasteiger partial charge in [0.25, 0.3) is 0 Å². The Morgan fingerprint density at radius 3 is 3.10 bits per heavy atom. The fraction of sp³-hybridized carbons (Fsp3) is 0.333. The van der Waals surface area contributed by atoms with E-state index in [1.54, 1.807) is 12.5 Å². The third kappa shape index (κ3) is 3.05. The Balaban J connectivity index is 1.53. The van der Waals surface area contributed by atoms with E-state index in [9.17, 15) is 9.90 Å². The van der Waals surface area contributed by atoms with Crippen molar-refractivity contribution in [3.8, 4) is 0 Å². The number of aliphatic hydroxyl groups excluding tert-OH is 1. The van der Waals surface area contributed by atoms with Crippen molar-refractivity contribution in [2.45, 2.75) is 25.1 Å². The quantitative estimate of drug-likeness (QED) is 0.779. The second-order valence-corrected chi connectivity index (χ2v) is 5.15. The molecule has 0 bridgehead atoms. The lowest BCUT2D eigenvalue weighted by molar-refractivity contribution is 0.142. The fourth-order valence-corrected chi connectivity index (χ4v) is 2.66. The van der Waals surface area contributed by atoms with Crippen LogP contribution in [0.1, 0.15) is 17.2 Å². The molecule has 6 heteroatoms. The summed E-state index contributed by atoms with van der Waals surface area (Å²) in [5.41, 5.74) is 2.09. The predicted molar refractivity (Wildman–Crippen MR) is 77.7 cm³/mol. The van der Waals surface area contributed by atoms with E-state index in [1.807, 2.05) is 35.0 Å². The van der Waals surface area contributed by atoms with Gasteiger partial charge in [-0.15, -0.1) is 0 Å². The first-order valence-corrected chi connectivity index (χ1v) is 7.00. The number of aliphatic hydroxyl groups is 1. The minimum atomic E-state index is -0.568. The summed E-state index contributed by atoms with van der Waals surface area (Å²) in [6.45, 7) is 1.17. The SMILES string of the molecule is O=C(NCCn1ccnc1)NC1c2ccccc2CC1O. The lowest BCUT2D eigenvalue weighted by Crippen LogP contribution is -2.41. The standard InChI is InChI=1S/C15H18N4O2/c20-13-9-11-3-1-2-4-12(11)14(13)18-15(21)17-6-8-19-7-5-16-10-19/h1-5,7,10,13-14,20H,6,8-9H2,(H2,17,18,21). The summed E-state index contributed by atoms with van der Waals surface area (Å²) in [7, 11) is 0. The summed E-state index contributed by atoms with van der Waals surface area (Å²) in [6, 6.07) is 7.19. The summed E-state index contributed by atoms with van der Waals surface area (Å²) in [4.78, 5) is 15.9.